The highest BCUT2D eigenvalue weighted by atomic mass is 16.3. The first-order valence-electron chi connectivity index (χ1n) is 8.91. The van der Waals surface area contributed by atoms with Crippen LogP contribution in [0, 0.1) is 6.92 Å². The largest absolute Gasteiger partial charge is 0.467 e. The van der Waals surface area contributed by atoms with Gasteiger partial charge in [0.05, 0.1) is 31.0 Å². The molecule has 28 heavy (non-hydrogen) atoms. The number of benzene rings is 1. The average molecular weight is 377 g/mol. The normalized spacial score (nSPS) is 11.0. The number of furan rings is 1. The van der Waals surface area contributed by atoms with Crippen LogP contribution in [-0.4, -0.2) is 25.2 Å². The molecule has 4 rings (SSSR count). The quantitative estimate of drug-likeness (QED) is 0.556. The number of amides is 1. The van der Waals surface area contributed by atoms with Crippen LogP contribution in [0.5, 0.6) is 0 Å². The van der Waals surface area contributed by atoms with Crippen molar-refractivity contribution in [3.63, 3.8) is 0 Å². The molecule has 1 N–H and O–H groups in total. The van der Waals surface area contributed by atoms with E-state index in [0.29, 0.717) is 23.3 Å². The minimum Gasteiger partial charge on any atom is -0.467 e. The summed E-state index contributed by atoms with van der Waals surface area (Å²) in [5, 5.41) is 7.47. The van der Waals surface area contributed by atoms with Gasteiger partial charge in [-0.1, -0.05) is 17.7 Å². The zero-order valence-electron chi connectivity index (χ0n) is 15.3. The summed E-state index contributed by atoms with van der Waals surface area (Å²) in [6.45, 7) is 2.56. The lowest BCUT2D eigenvalue weighted by Crippen LogP contribution is -2.27. The third-order valence-electron chi connectivity index (χ3n) is 4.45. The van der Waals surface area contributed by atoms with Gasteiger partial charge in [0.1, 0.15) is 11.1 Å². The number of nitrogens with one attached hydrogen (secondary N) is 1. The molecule has 0 spiro atoms. The van der Waals surface area contributed by atoms with Crippen LogP contribution in [0.3, 0.4) is 0 Å². The van der Waals surface area contributed by atoms with Crippen LogP contribution in [0.15, 0.2) is 64.4 Å². The van der Waals surface area contributed by atoms with Gasteiger partial charge < -0.3 is 9.73 Å². The monoisotopic (exact) mass is 377 g/mol. The Morgan fingerprint density at radius 3 is 2.79 bits per heavy atom. The zero-order valence-corrected chi connectivity index (χ0v) is 15.3. The van der Waals surface area contributed by atoms with E-state index >= 15 is 0 Å². The fraction of sp³-hybridized carbons (Fsp3) is 0.200. The molecular weight excluding hydrogens is 358 g/mol. The maximum Gasteiger partial charge on any atom is 0.264 e. The van der Waals surface area contributed by atoms with Crippen molar-refractivity contribution in [1.82, 2.24) is 24.6 Å². The molecule has 0 aliphatic rings. The van der Waals surface area contributed by atoms with E-state index < -0.39 is 0 Å². The third kappa shape index (κ3) is 3.57. The summed E-state index contributed by atoms with van der Waals surface area (Å²) in [6, 6.07) is 11.4. The van der Waals surface area contributed by atoms with Gasteiger partial charge in [-0.2, -0.15) is 5.10 Å². The van der Waals surface area contributed by atoms with Gasteiger partial charge in [0.15, 0.2) is 5.65 Å². The van der Waals surface area contributed by atoms with Gasteiger partial charge in [-0.05, 0) is 31.2 Å². The number of rotatable bonds is 6. The molecule has 1 aromatic carbocycles. The van der Waals surface area contributed by atoms with E-state index in [4.69, 9.17) is 4.42 Å². The minimum atomic E-state index is -0.220. The lowest BCUT2D eigenvalue weighted by molar-refractivity contribution is -0.121. The summed E-state index contributed by atoms with van der Waals surface area (Å²) in [6.07, 6.45) is 4.69. The van der Waals surface area contributed by atoms with Gasteiger partial charge in [-0.3, -0.25) is 14.2 Å². The lowest BCUT2D eigenvalue weighted by Gasteiger charge is -2.07. The predicted molar refractivity (Wildman–Crippen MR) is 103 cm³/mol. The van der Waals surface area contributed by atoms with Crippen molar-refractivity contribution in [3.05, 3.63) is 76.9 Å². The van der Waals surface area contributed by atoms with Crippen molar-refractivity contribution < 1.29 is 9.21 Å². The van der Waals surface area contributed by atoms with E-state index in [1.54, 1.807) is 23.1 Å². The number of fused-ring (bicyclic) bond motifs is 1. The number of hydrogen-bond donors (Lipinski definition) is 1. The first-order chi connectivity index (χ1) is 13.6. The lowest BCUT2D eigenvalue weighted by atomic mass is 10.2. The third-order valence-corrected chi connectivity index (χ3v) is 4.45. The Labute approximate surface area is 160 Å². The molecule has 4 aromatic rings. The highest BCUT2D eigenvalue weighted by Crippen LogP contribution is 2.14. The molecule has 8 nitrogen and oxygen atoms in total. The first kappa shape index (κ1) is 17.7. The van der Waals surface area contributed by atoms with Crippen LogP contribution in [0.1, 0.15) is 17.7 Å². The molecule has 3 aromatic heterocycles. The molecule has 0 aliphatic heterocycles. The second-order valence-electron chi connectivity index (χ2n) is 6.48. The molecule has 142 valence electrons. The molecule has 1 amide bonds. The van der Waals surface area contributed by atoms with Gasteiger partial charge >= 0.3 is 0 Å². The second-order valence-corrected chi connectivity index (χ2v) is 6.48. The Hall–Kier alpha value is -3.68. The van der Waals surface area contributed by atoms with Gasteiger partial charge in [0.2, 0.25) is 5.91 Å². The minimum absolute atomic E-state index is 0.167. The fourth-order valence-electron chi connectivity index (χ4n) is 2.89. The molecule has 3 heterocycles. The van der Waals surface area contributed by atoms with Crippen LogP contribution in [-0.2, 0) is 17.9 Å². The highest BCUT2D eigenvalue weighted by Gasteiger charge is 2.12. The Morgan fingerprint density at radius 2 is 2.04 bits per heavy atom. The Morgan fingerprint density at radius 1 is 1.21 bits per heavy atom. The summed E-state index contributed by atoms with van der Waals surface area (Å²) in [7, 11) is 0. The Bertz CT molecular complexity index is 1160. The summed E-state index contributed by atoms with van der Waals surface area (Å²) in [5.41, 5.74) is 2.25. The van der Waals surface area contributed by atoms with E-state index in [9.17, 15) is 9.59 Å². The van der Waals surface area contributed by atoms with E-state index in [-0.39, 0.29) is 24.4 Å². The molecule has 0 unspecified atom stereocenters. The van der Waals surface area contributed by atoms with Gasteiger partial charge in [-0.15, -0.1) is 0 Å². The van der Waals surface area contributed by atoms with Gasteiger partial charge in [0.25, 0.3) is 5.56 Å². The molecule has 0 saturated carbocycles. The van der Waals surface area contributed by atoms with Crippen molar-refractivity contribution in [2.24, 2.45) is 0 Å². The number of nitrogens with zero attached hydrogens (tertiary/aromatic N) is 4. The molecule has 0 aliphatic carbocycles. The predicted octanol–water partition coefficient (Wildman–Crippen LogP) is 2.19. The van der Waals surface area contributed by atoms with Gasteiger partial charge in [-0.25, -0.2) is 9.67 Å². The number of carbonyl (C=O) groups is 1. The molecule has 0 bridgehead atoms. The molecule has 8 heteroatoms. The highest BCUT2D eigenvalue weighted by molar-refractivity contribution is 5.76. The second kappa shape index (κ2) is 7.51. The summed E-state index contributed by atoms with van der Waals surface area (Å²) in [5.74, 6) is 0.510. The van der Waals surface area contributed by atoms with Crippen LogP contribution < -0.4 is 10.9 Å². The summed E-state index contributed by atoms with van der Waals surface area (Å²) >= 11 is 0. The molecule has 0 saturated heterocycles. The summed E-state index contributed by atoms with van der Waals surface area (Å²) < 4.78 is 8.23. The molecule has 0 radical (unpaired) electrons. The zero-order chi connectivity index (χ0) is 19.5. The Balaban J connectivity index is 1.48. The Kier molecular flexibility index (Phi) is 4.76. The van der Waals surface area contributed by atoms with E-state index in [1.165, 1.54) is 17.1 Å². The van der Waals surface area contributed by atoms with Crippen LogP contribution in [0.25, 0.3) is 16.7 Å². The standard InChI is InChI=1S/C20H19N5O3/c1-14-4-6-15(7-5-14)25-19-17(12-23-25)20(27)24(13-22-19)9-8-18(26)21-11-16-3-2-10-28-16/h2-7,10,12-13H,8-9,11H2,1H3,(H,21,26). The molecule has 0 fully saturated rings. The van der Waals surface area contributed by atoms with E-state index in [2.05, 4.69) is 15.4 Å². The molecule has 0 atom stereocenters. The number of hydrogen-bond acceptors (Lipinski definition) is 5. The van der Waals surface area contributed by atoms with Crippen LogP contribution >= 0.6 is 0 Å². The molecular formula is C20H19N5O3. The number of aryl methyl sites for hydroxylation is 2. The maximum absolute atomic E-state index is 12.7. The average Bonchev–Trinajstić information content (AvgIpc) is 3.36. The van der Waals surface area contributed by atoms with Crippen LogP contribution in [0.4, 0.5) is 0 Å². The van der Waals surface area contributed by atoms with Crippen molar-refractivity contribution in [2.75, 3.05) is 0 Å². The fourth-order valence-corrected chi connectivity index (χ4v) is 2.89. The van der Waals surface area contributed by atoms with Gasteiger partial charge in [0, 0.05) is 13.0 Å². The van der Waals surface area contributed by atoms with E-state index in [0.717, 1.165) is 11.3 Å². The van der Waals surface area contributed by atoms with Crippen molar-refractivity contribution in [2.45, 2.75) is 26.4 Å². The number of aromatic nitrogens is 4. The topological polar surface area (TPSA) is 95.0 Å². The number of carbonyl (C=O) groups excluding carboxylic acids is 1. The van der Waals surface area contributed by atoms with Crippen LogP contribution in [0.2, 0.25) is 0 Å². The SMILES string of the molecule is Cc1ccc(-n2ncc3c(=O)n(CCC(=O)NCc4ccco4)cnc32)cc1. The smallest absolute Gasteiger partial charge is 0.264 e. The van der Waals surface area contributed by atoms with Crippen molar-refractivity contribution in [3.8, 4) is 5.69 Å². The summed E-state index contributed by atoms with van der Waals surface area (Å²) in [4.78, 5) is 29.1. The maximum atomic E-state index is 12.7. The first-order valence-corrected chi connectivity index (χ1v) is 8.91. The van der Waals surface area contributed by atoms with Crippen molar-refractivity contribution >= 4 is 16.9 Å². The van der Waals surface area contributed by atoms with Crippen molar-refractivity contribution in [1.29, 1.82) is 0 Å². The van der Waals surface area contributed by atoms with E-state index in [1.807, 2.05) is 31.2 Å².